The summed E-state index contributed by atoms with van der Waals surface area (Å²) in [6.07, 6.45) is 5.00. The van der Waals surface area contributed by atoms with E-state index in [9.17, 15) is 4.79 Å². The van der Waals surface area contributed by atoms with E-state index in [-0.39, 0.29) is 11.9 Å². The van der Waals surface area contributed by atoms with Crippen LogP contribution in [0.25, 0.3) is 0 Å². The van der Waals surface area contributed by atoms with E-state index in [0.29, 0.717) is 25.0 Å². The van der Waals surface area contributed by atoms with Crippen molar-refractivity contribution in [1.82, 2.24) is 10.6 Å². The Morgan fingerprint density at radius 2 is 2.33 bits per heavy atom. The molecule has 1 aliphatic heterocycles. The van der Waals surface area contributed by atoms with Gasteiger partial charge in [-0.1, -0.05) is 0 Å². The van der Waals surface area contributed by atoms with E-state index >= 15 is 0 Å². The minimum atomic E-state index is 0.134. The van der Waals surface area contributed by atoms with Gasteiger partial charge in [-0.2, -0.15) is 0 Å². The zero-order valence-electron chi connectivity index (χ0n) is 8.83. The van der Waals surface area contributed by atoms with Gasteiger partial charge in [0.25, 0.3) is 0 Å². The number of guanidine groups is 1. The molecule has 0 aromatic rings. The number of nitrogens with one attached hydrogen (secondary N) is 2. The molecule has 0 bridgehead atoms. The first kappa shape index (κ1) is 10.3. The van der Waals surface area contributed by atoms with Crippen LogP contribution in [0.4, 0.5) is 0 Å². The first-order valence-corrected chi connectivity index (χ1v) is 5.60. The molecule has 5 heteroatoms. The van der Waals surface area contributed by atoms with E-state index in [4.69, 9.17) is 5.73 Å². The number of piperidine rings is 1. The Morgan fingerprint density at radius 1 is 1.53 bits per heavy atom. The molecule has 5 nitrogen and oxygen atoms in total. The molecule has 15 heavy (non-hydrogen) atoms. The van der Waals surface area contributed by atoms with Crippen molar-refractivity contribution in [3.63, 3.8) is 0 Å². The zero-order chi connectivity index (χ0) is 10.7. The van der Waals surface area contributed by atoms with Crippen molar-refractivity contribution in [2.24, 2.45) is 10.7 Å². The van der Waals surface area contributed by atoms with Crippen LogP contribution in [-0.2, 0) is 4.79 Å². The first-order chi connectivity index (χ1) is 7.24. The molecule has 2 aliphatic rings. The number of hydrogen-bond donors (Lipinski definition) is 3. The number of hydrogen-bond acceptors (Lipinski definition) is 2. The van der Waals surface area contributed by atoms with Crippen LogP contribution in [0, 0.1) is 0 Å². The number of nitrogens with zero attached hydrogens (tertiary/aromatic N) is 1. The Bertz CT molecular complexity index is 273. The van der Waals surface area contributed by atoms with Crippen LogP contribution in [-0.4, -0.2) is 30.5 Å². The molecule has 84 valence electrons. The third-order valence-electron chi connectivity index (χ3n) is 2.73. The van der Waals surface area contributed by atoms with Crippen molar-refractivity contribution in [1.29, 1.82) is 0 Å². The Morgan fingerprint density at radius 3 is 3.00 bits per heavy atom. The number of nitrogens with two attached hydrogens (primary N) is 1. The molecule has 1 aliphatic carbocycles. The highest BCUT2D eigenvalue weighted by Crippen LogP contribution is 2.18. The van der Waals surface area contributed by atoms with Crippen molar-refractivity contribution < 1.29 is 4.79 Å². The Balaban J connectivity index is 1.72. The van der Waals surface area contributed by atoms with Gasteiger partial charge in [0.05, 0.1) is 6.54 Å². The standard InChI is InChI=1S/C10H18N4O/c11-10(14-7-4-5-7)12-6-8-2-1-3-9(15)13-8/h7-8H,1-6H2,(H,13,15)(H3,11,12,14). The summed E-state index contributed by atoms with van der Waals surface area (Å²) in [6, 6.07) is 0.709. The van der Waals surface area contributed by atoms with Crippen LogP contribution in [0.15, 0.2) is 4.99 Å². The van der Waals surface area contributed by atoms with Crippen LogP contribution in [0.2, 0.25) is 0 Å². The predicted octanol–water partition coefficient (Wildman–Crippen LogP) is -0.278. The lowest BCUT2D eigenvalue weighted by Crippen LogP contribution is -2.42. The Labute approximate surface area is 89.5 Å². The fourth-order valence-electron chi connectivity index (χ4n) is 1.71. The molecular formula is C10H18N4O. The van der Waals surface area contributed by atoms with E-state index in [1.54, 1.807) is 0 Å². The monoisotopic (exact) mass is 210 g/mol. The van der Waals surface area contributed by atoms with E-state index < -0.39 is 0 Å². The average Bonchev–Trinajstić information content (AvgIpc) is 2.99. The molecule has 1 atom stereocenters. The van der Waals surface area contributed by atoms with Crippen molar-refractivity contribution in [3.05, 3.63) is 0 Å². The second kappa shape index (κ2) is 4.51. The van der Waals surface area contributed by atoms with Crippen LogP contribution in [0.3, 0.4) is 0 Å². The number of carbonyl (C=O) groups is 1. The summed E-state index contributed by atoms with van der Waals surface area (Å²) in [5.74, 6) is 0.646. The minimum Gasteiger partial charge on any atom is -0.370 e. The largest absolute Gasteiger partial charge is 0.370 e. The lowest BCUT2D eigenvalue weighted by molar-refractivity contribution is -0.123. The topological polar surface area (TPSA) is 79.5 Å². The summed E-state index contributed by atoms with van der Waals surface area (Å²) < 4.78 is 0. The van der Waals surface area contributed by atoms with E-state index in [1.165, 1.54) is 12.8 Å². The van der Waals surface area contributed by atoms with Gasteiger partial charge in [-0.3, -0.25) is 9.79 Å². The number of carbonyl (C=O) groups excluding carboxylic acids is 1. The summed E-state index contributed by atoms with van der Waals surface area (Å²) in [5, 5.41) is 6.03. The van der Waals surface area contributed by atoms with Crippen LogP contribution in [0.1, 0.15) is 32.1 Å². The van der Waals surface area contributed by atoms with Gasteiger partial charge in [0.1, 0.15) is 0 Å². The second-order valence-electron chi connectivity index (χ2n) is 4.30. The Hall–Kier alpha value is -1.26. The number of aliphatic imine (C=N–C) groups is 1. The highest BCUT2D eigenvalue weighted by molar-refractivity contribution is 5.79. The molecule has 4 N–H and O–H groups in total. The predicted molar refractivity (Wildman–Crippen MR) is 58.4 cm³/mol. The number of rotatable bonds is 3. The molecular weight excluding hydrogens is 192 g/mol. The van der Waals surface area contributed by atoms with Crippen LogP contribution in [0.5, 0.6) is 0 Å². The molecule has 1 saturated carbocycles. The SMILES string of the molecule is NC(=NCC1CCCC(=O)N1)NC1CC1. The van der Waals surface area contributed by atoms with Crippen LogP contribution < -0.4 is 16.4 Å². The molecule has 0 aromatic heterocycles. The molecule has 1 heterocycles. The third kappa shape index (κ3) is 3.42. The smallest absolute Gasteiger partial charge is 0.220 e. The van der Waals surface area contributed by atoms with Gasteiger partial charge in [-0.15, -0.1) is 0 Å². The van der Waals surface area contributed by atoms with Gasteiger partial charge in [-0.25, -0.2) is 0 Å². The molecule has 1 amide bonds. The molecule has 0 aromatic carbocycles. The van der Waals surface area contributed by atoms with Crippen molar-refractivity contribution in [3.8, 4) is 0 Å². The average molecular weight is 210 g/mol. The molecule has 1 unspecified atom stereocenters. The maximum Gasteiger partial charge on any atom is 0.220 e. The maximum atomic E-state index is 11.1. The minimum absolute atomic E-state index is 0.134. The summed E-state index contributed by atoms with van der Waals surface area (Å²) in [4.78, 5) is 15.3. The second-order valence-corrected chi connectivity index (χ2v) is 4.30. The fraction of sp³-hybridized carbons (Fsp3) is 0.800. The van der Waals surface area contributed by atoms with Crippen LogP contribution >= 0.6 is 0 Å². The van der Waals surface area contributed by atoms with Crippen molar-refractivity contribution in [2.75, 3.05) is 6.54 Å². The Kier molecular flexibility index (Phi) is 3.08. The first-order valence-electron chi connectivity index (χ1n) is 5.60. The fourth-order valence-corrected chi connectivity index (χ4v) is 1.71. The summed E-state index contributed by atoms with van der Waals surface area (Å²) >= 11 is 0. The maximum absolute atomic E-state index is 11.1. The third-order valence-corrected chi connectivity index (χ3v) is 2.73. The van der Waals surface area contributed by atoms with E-state index in [0.717, 1.165) is 12.8 Å². The molecule has 1 saturated heterocycles. The summed E-state index contributed by atoms with van der Waals surface area (Å²) in [7, 11) is 0. The van der Waals surface area contributed by atoms with Gasteiger partial charge >= 0.3 is 0 Å². The summed E-state index contributed by atoms with van der Waals surface area (Å²) in [6.45, 7) is 0.595. The highest BCUT2D eigenvalue weighted by Gasteiger charge is 2.22. The molecule has 2 fully saturated rings. The number of amides is 1. The zero-order valence-corrected chi connectivity index (χ0v) is 8.83. The highest BCUT2D eigenvalue weighted by atomic mass is 16.1. The molecule has 0 radical (unpaired) electrons. The van der Waals surface area contributed by atoms with E-state index in [1.807, 2.05) is 0 Å². The van der Waals surface area contributed by atoms with Gasteiger partial charge in [0.15, 0.2) is 5.96 Å². The van der Waals surface area contributed by atoms with E-state index in [2.05, 4.69) is 15.6 Å². The lowest BCUT2D eigenvalue weighted by atomic mass is 10.0. The van der Waals surface area contributed by atoms with Gasteiger partial charge in [0, 0.05) is 18.5 Å². The van der Waals surface area contributed by atoms with Crippen molar-refractivity contribution in [2.45, 2.75) is 44.2 Å². The normalized spacial score (nSPS) is 27.3. The van der Waals surface area contributed by atoms with Gasteiger partial charge < -0.3 is 16.4 Å². The molecule has 2 rings (SSSR count). The summed E-state index contributed by atoms with van der Waals surface area (Å²) in [5.41, 5.74) is 5.69. The van der Waals surface area contributed by atoms with Gasteiger partial charge in [-0.05, 0) is 25.7 Å². The quantitative estimate of drug-likeness (QED) is 0.443. The van der Waals surface area contributed by atoms with Gasteiger partial charge in [0.2, 0.25) is 5.91 Å². The lowest BCUT2D eigenvalue weighted by Gasteiger charge is -2.21. The molecule has 0 spiro atoms. The van der Waals surface area contributed by atoms with Crippen molar-refractivity contribution >= 4 is 11.9 Å².